The lowest BCUT2D eigenvalue weighted by Crippen LogP contribution is -1.91. The summed E-state index contributed by atoms with van der Waals surface area (Å²) in [5.74, 6) is 0.665. The Hall–Kier alpha value is -1.00. The molecule has 0 fully saturated rings. The molecule has 0 amide bonds. The molecule has 0 aromatic carbocycles. The van der Waals surface area contributed by atoms with E-state index in [2.05, 4.69) is 15.0 Å². The molecule has 0 aliphatic carbocycles. The third-order valence-corrected chi connectivity index (χ3v) is 2.66. The van der Waals surface area contributed by atoms with E-state index >= 15 is 0 Å². The molecule has 2 aromatic rings. The van der Waals surface area contributed by atoms with Crippen LogP contribution in [0, 0.1) is 13.8 Å². The molecule has 0 saturated carbocycles. The zero-order chi connectivity index (χ0) is 10.1. The summed E-state index contributed by atoms with van der Waals surface area (Å²) >= 11 is 7.43. The lowest BCUT2D eigenvalue weighted by molar-refractivity contribution is 1.05. The predicted octanol–water partition coefficient (Wildman–Crippen LogP) is 2.87. The average Bonchev–Trinajstić information content (AvgIpc) is 2.50. The maximum atomic E-state index is 5.83. The second-order valence-electron chi connectivity index (χ2n) is 2.87. The van der Waals surface area contributed by atoms with Crippen molar-refractivity contribution >= 4 is 22.9 Å². The van der Waals surface area contributed by atoms with Crippen molar-refractivity contribution in [3.63, 3.8) is 0 Å². The van der Waals surface area contributed by atoms with Crippen molar-refractivity contribution in [1.82, 2.24) is 15.0 Å². The van der Waals surface area contributed by atoms with E-state index in [-0.39, 0.29) is 0 Å². The molecule has 0 spiro atoms. The van der Waals surface area contributed by atoms with Crippen LogP contribution in [0.4, 0.5) is 0 Å². The number of aryl methyl sites for hydroxylation is 2. The summed E-state index contributed by atoms with van der Waals surface area (Å²) in [6, 6.07) is 1.73. The second-order valence-corrected chi connectivity index (χ2v) is 4.32. The van der Waals surface area contributed by atoms with E-state index < -0.39 is 0 Å². The Balaban J connectivity index is 2.51. The molecule has 3 nitrogen and oxygen atoms in total. The van der Waals surface area contributed by atoms with Gasteiger partial charge in [-0.1, -0.05) is 11.6 Å². The van der Waals surface area contributed by atoms with Crippen molar-refractivity contribution in [2.24, 2.45) is 0 Å². The summed E-state index contributed by atoms with van der Waals surface area (Å²) in [7, 11) is 0. The molecule has 2 rings (SSSR count). The summed E-state index contributed by atoms with van der Waals surface area (Å²) in [6.45, 7) is 3.78. The van der Waals surface area contributed by atoms with Gasteiger partial charge in [0.05, 0.1) is 10.7 Å². The van der Waals surface area contributed by atoms with Gasteiger partial charge in [-0.3, -0.25) is 0 Å². The minimum absolute atomic E-state index is 0.457. The fourth-order valence-electron chi connectivity index (χ4n) is 1.14. The standard InChI is InChI=1S/C9H8ClN3S/c1-5-11-7(3-9(10)12-5)8-4-14-6(2)13-8/h3-4H,1-2H3. The molecule has 0 bridgehead atoms. The van der Waals surface area contributed by atoms with Crippen molar-refractivity contribution in [3.05, 3.63) is 27.4 Å². The van der Waals surface area contributed by atoms with E-state index in [0.29, 0.717) is 11.0 Å². The first kappa shape index (κ1) is 9.55. The fourth-order valence-corrected chi connectivity index (χ4v) is 1.98. The van der Waals surface area contributed by atoms with E-state index in [4.69, 9.17) is 11.6 Å². The zero-order valence-electron chi connectivity index (χ0n) is 7.78. The number of hydrogen-bond donors (Lipinski definition) is 0. The Labute approximate surface area is 90.8 Å². The van der Waals surface area contributed by atoms with Crippen LogP contribution in [0.25, 0.3) is 11.4 Å². The molecule has 0 atom stereocenters. The van der Waals surface area contributed by atoms with E-state index in [9.17, 15) is 0 Å². The number of thiazole rings is 1. The van der Waals surface area contributed by atoms with Gasteiger partial charge in [0.25, 0.3) is 0 Å². The van der Waals surface area contributed by atoms with Gasteiger partial charge in [0.1, 0.15) is 16.7 Å². The molecule has 2 aromatic heterocycles. The average molecular weight is 226 g/mol. The minimum atomic E-state index is 0.457. The Morgan fingerprint density at radius 2 is 1.93 bits per heavy atom. The first-order valence-corrected chi connectivity index (χ1v) is 5.34. The smallest absolute Gasteiger partial charge is 0.133 e. The zero-order valence-corrected chi connectivity index (χ0v) is 9.35. The van der Waals surface area contributed by atoms with E-state index in [0.717, 1.165) is 16.4 Å². The van der Waals surface area contributed by atoms with E-state index in [1.54, 1.807) is 17.4 Å². The second kappa shape index (κ2) is 3.63. The summed E-state index contributed by atoms with van der Waals surface area (Å²) in [5.41, 5.74) is 1.65. The summed E-state index contributed by atoms with van der Waals surface area (Å²) in [5, 5.41) is 3.44. The molecular formula is C9H8ClN3S. The normalized spacial score (nSPS) is 10.5. The lowest BCUT2D eigenvalue weighted by Gasteiger charge is -1.98. The molecule has 0 saturated heterocycles. The van der Waals surface area contributed by atoms with Crippen LogP contribution in [-0.4, -0.2) is 15.0 Å². The summed E-state index contributed by atoms with van der Waals surface area (Å²) in [6.07, 6.45) is 0. The van der Waals surface area contributed by atoms with Crippen LogP contribution in [0.3, 0.4) is 0 Å². The van der Waals surface area contributed by atoms with Crippen LogP contribution < -0.4 is 0 Å². The van der Waals surface area contributed by atoms with Gasteiger partial charge in [-0.15, -0.1) is 11.3 Å². The van der Waals surface area contributed by atoms with Gasteiger partial charge >= 0.3 is 0 Å². The molecule has 72 valence electrons. The molecule has 5 heteroatoms. The molecule has 0 N–H and O–H groups in total. The van der Waals surface area contributed by atoms with E-state index in [1.165, 1.54) is 0 Å². The number of rotatable bonds is 1. The Kier molecular flexibility index (Phi) is 2.48. The number of hydrogen-bond acceptors (Lipinski definition) is 4. The van der Waals surface area contributed by atoms with Crippen molar-refractivity contribution in [1.29, 1.82) is 0 Å². The first-order chi connectivity index (χ1) is 6.65. The quantitative estimate of drug-likeness (QED) is 0.701. The van der Waals surface area contributed by atoms with Gasteiger partial charge in [-0.05, 0) is 13.8 Å². The summed E-state index contributed by atoms with van der Waals surface area (Å²) in [4.78, 5) is 12.6. The number of aromatic nitrogens is 3. The molecular weight excluding hydrogens is 218 g/mol. The van der Waals surface area contributed by atoms with Crippen LogP contribution in [0.15, 0.2) is 11.4 Å². The van der Waals surface area contributed by atoms with Gasteiger partial charge in [0.2, 0.25) is 0 Å². The van der Waals surface area contributed by atoms with Crippen LogP contribution >= 0.6 is 22.9 Å². The van der Waals surface area contributed by atoms with Gasteiger partial charge < -0.3 is 0 Å². The molecule has 0 aliphatic heterocycles. The van der Waals surface area contributed by atoms with Crippen molar-refractivity contribution in [2.45, 2.75) is 13.8 Å². The fraction of sp³-hybridized carbons (Fsp3) is 0.222. The molecule has 0 aliphatic rings. The molecule has 14 heavy (non-hydrogen) atoms. The first-order valence-electron chi connectivity index (χ1n) is 4.09. The third kappa shape index (κ3) is 1.91. The van der Waals surface area contributed by atoms with Crippen LogP contribution in [0.5, 0.6) is 0 Å². The third-order valence-electron chi connectivity index (χ3n) is 1.69. The van der Waals surface area contributed by atoms with Crippen LogP contribution in [0.2, 0.25) is 5.15 Å². The highest BCUT2D eigenvalue weighted by atomic mass is 35.5. The largest absolute Gasteiger partial charge is 0.240 e. The Morgan fingerprint density at radius 3 is 2.50 bits per heavy atom. The Bertz CT molecular complexity index is 447. The predicted molar refractivity (Wildman–Crippen MR) is 57.6 cm³/mol. The maximum Gasteiger partial charge on any atom is 0.133 e. The van der Waals surface area contributed by atoms with Gasteiger partial charge in [0, 0.05) is 11.4 Å². The van der Waals surface area contributed by atoms with Crippen molar-refractivity contribution in [3.8, 4) is 11.4 Å². The molecule has 0 unspecified atom stereocenters. The lowest BCUT2D eigenvalue weighted by atomic mass is 10.3. The highest BCUT2D eigenvalue weighted by Crippen LogP contribution is 2.21. The highest BCUT2D eigenvalue weighted by molar-refractivity contribution is 7.09. The monoisotopic (exact) mass is 225 g/mol. The van der Waals surface area contributed by atoms with Gasteiger partial charge in [-0.2, -0.15) is 0 Å². The number of halogens is 1. The van der Waals surface area contributed by atoms with Crippen molar-refractivity contribution < 1.29 is 0 Å². The molecule has 2 heterocycles. The maximum absolute atomic E-state index is 5.83. The number of nitrogens with zero attached hydrogens (tertiary/aromatic N) is 3. The van der Waals surface area contributed by atoms with Crippen molar-refractivity contribution in [2.75, 3.05) is 0 Å². The molecule has 0 radical (unpaired) electrons. The van der Waals surface area contributed by atoms with Crippen LogP contribution in [0.1, 0.15) is 10.8 Å². The minimum Gasteiger partial charge on any atom is -0.240 e. The van der Waals surface area contributed by atoms with Crippen LogP contribution in [-0.2, 0) is 0 Å². The highest BCUT2D eigenvalue weighted by Gasteiger charge is 2.05. The van der Waals surface area contributed by atoms with Gasteiger partial charge in [0.15, 0.2) is 0 Å². The van der Waals surface area contributed by atoms with Gasteiger partial charge in [-0.25, -0.2) is 15.0 Å². The van der Waals surface area contributed by atoms with E-state index in [1.807, 2.05) is 19.2 Å². The SMILES string of the molecule is Cc1nc(Cl)cc(-c2csc(C)n2)n1. The Morgan fingerprint density at radius 1 is 1.14 bits per heavy atom. The summed E-state index contributed by atoms with van der Waals surface area (Å²) < 4.78 is 0. The topological polar surface area (TPSA) is 38.7 Å².